The van der Waals surface area contributed by atoms with E-state index in [1.54, 1.807) is 31.0 Å². The molecule has 0 bridgehead atoms. The Labute approximate surface area is 191 Å². The molecule has 1 amide bonds. The second kappa shape index (κ2) is 8.91. The lowest BCUT2D eigenvalue weighted by atomic mass is 10.1. The van der Waals surface area contributed by atoms with Gasteiger partial charge in [0.2, 0.25) is 5.13 Å². The summed E-state index contributed by atoms with van der Waals surface area (Å²) in [7, 11) is 3.20. The Morgan fingerprint density at radius 2 is 1.90 bits per heavy atom. The first kappa shape index (κ1) is 21.1. The van der Waals surface area contributed by atoms with Crippen LogP contribution in [0.25, 0.3) is 16.4 Å². The second-order valence-electron chi connectivity index (χ2n) is 6.63. The van der Waals surface area contributed by atoms with Gasteiger partial charge in [0.1, 0.15) is 5.82 Å². The summed E-state index contributed by atoms with van der Waals surface area (Å²) in [5.41, 5.74) is 2.99. The quantitative estimate of drug-likeness (QED) is 0.388. The van der Waals surface area contributed by atoms with Crippen LogP contribution in [0.3, 0.4) is 0 Å². The van der Waals surface area contributed by atoms with Crippen molar-refractivity contribution in [2.24, 2.45) is 0 Å². The fourth-order valence-electron chi connectivity index (χ4n) is 3.04. The number of ether oxygens (including phenoxy) is 2. The summed E-state index contributed by atoms with van der Waals surface area (Å²) in [6.45, 7) is 1.87. The van der Waals surface area contributed by atoms with Gasteiger partial charge in [-0.05, 0) is 43.3 Å². The van der Waals surface area contributed by atoms with Crippen molar-refractivity contribution in [3.8, 4) is 27.9 Å². The predicted octanol–water partition coefficient (Wildman–Crippen LogP) is 5.34. The van der Waals surface area contributed by atoms with Crippen LogP contribution in [0.2, 0.25) is 0 Å². The Balaban J connectivity index is 1.63. The number of carbonyl (C=O) groups is 1. The van der Waals surface area contributed by atoms with Crippen molar-refractivity contribution in [2.45, 2.75) is 6.92 Å². The van der Waals surface area contributed by atoms with Gasteiger partial charge in [-0.2, -0.15) is 9.78 Å². The molecule has 158 valence electrons. The fourth-order valence-corrected chi connectivity index (χ4v) is 4.24. The molecule has 2 aromatic carbocycles. The minimum Gasteiger partial charge on any atom is -0.493 e. The number of anilines is 1. The third-order valence-electron chi connectivity index (χ3n) is 4.51. The summed E-state index contributed by atoms with van der Waals surface area (Å²) in [6, 6.07) is 14.7. The normalized spacial score (nSPS) is 10.7. The van der Waals surface area contributed by atoms with Crippen LogP contribution >= 0.6 is 27.3 Å². The minimum absolute atomic E-state index is 0.223. The van der Waals surface area contributed by atoms with E-state index in [1.165, 1.54) is 11.3 Å². The fraction of sp³-hybridized carbons (Fsp3) is 0.136. The van der Waals surface area contributed by atoms with Gasteiger partial charge in [0.15, 0.2) is 11.5 Å². The first-order valence-corrected chi connectivity index (χ1v) is 11.0. The molecule has 0 atom stereocenters. The summed E-state index contributed by atoms with van der Waals surface area (Å²) >= 11 is 4.82. The Morgan fingerprint density at radius 1 is 1.10 bits per heavy atom. The number of halogens is 1. The summed E-state index contributed by atoms with van der Waals surface area (Å²) in [6.07, 6.45) is 0. The van der Waals surface area contributed by atoms with Crippen molar-refractivity contribution in [3.05, 3.63) is 69.6 Å². The number of aromatic nitrogens is 3. The van der Waals surface area contributed by atoms with Crippen LogP contribution in [0, 0.1) is 6.92 Å². The molecule has 0 fully saturated rings. The zero-order chi connectivity index (χ0) is 22.0. The van der Waals surface area contributed by atoms with Gasteiger partial charge >= 0.3 is 0 Å². The van der Waals surface area contributed by atoms with E-state index in [1.807, 2.05) is 48.7 Å². The van der Waals surface area contributed by atoms with E-state index in [9.17, 15) is 4.79 Å². The van der Waals surface area contributed by atoms with Gasteiger partial charge in [0.05, 0.1) is 25.6 Å². The highest BCUT2D eigenvalue weighted by Gasteiger charge is 2.16. The van der Waals surface area contributed by atoms with Crippen molar-refractivity contribution in [1.82, 2.24) is 14.8 Å². The molecule has 9 heteroatoms. The van der Waals surface area contributed by atoms with Gasteiger partial charge in [-0.25, -0.2) is 4.98 Å². The molecule has 2 heterocycles. The number of nitrogens with zero attached hydrogens (tertiary/aromatic N) is 3. The summed E-state index contributed by atoms with van der Waals surface area (Å²) in [5, 5.41) is 10.0. The van der Waals surface area contributed by atoms with Crippen molar-refractivity contribution >= 4 is 39.0 Å². The van der Waals surface area contributed by atoms with Crippen LogP contribution in [0.1, 0.15) is 16.1 Å². The third kappa shape index (κ3) is 4.47. The van der Waals surface area contributed by atoms with E-state index in [4.69, 9.17) is 14.5 Å². The van der Waals surface area contributed by atoms with Crippen LogP contribution in [0.4, 0.5) is 5.82 Å². The molecule has 31 heavy (non-hydrogen) atoms. The number of carbonyl (C=O) groups excluding carboxylic acids is 1. The molecule has 0 radical (unpaired) electrons. The molecule has 0 aliphatic rings. The molecule has 0 aliphatic heterocycles. The van der Waals surface area contributed by atoms with Crippen LogP contribution in [0.15, 0.2) is 58.4 Å². The van der Waals surface area contributed by atoms with E-state index in [0.29, 0.717) is 28.0 Å². The van der Waals surface area contributed by atoms with E-state index in [-0.39, 0.29) is 5.91 Å². The molecule has 0 unspecified atom stereocenters. The number of benzene rings is 2. The number of hydrogen-bond donors (Lipinski definition) is 1. The van der Waals surface area contributed by atoms with Crippen molar-refractivity contribution in [1.29, 1.82) is 0 Å². The van der Waals surface area contributed by atoms with Gasteiger partial charge in [0.25, 0.3) is 5.91 Å². The lowest BCUT2D eigenvalue weighted by Crippen LogP contribution is -2.15. The number of methoxy groups -OCH3 is 2. The van der Waals surface area contributed by atoms with Crippen LogP contribution in [-0.4, -0.2) is 34.9 Å². The average Bonchev–Trinajstić information content (AvgIpc) is 3.39. The molecular weight excluding hydrogens is 480 g/mol. The maximum Gasteiger partial charge on any atom is 0.256 e. The smallest absolute Gasteiger partial charge is 0.256 e. The van der Waals surface area contributed by atoms with E-state index < -0.39 is 0 Å². The highest BCUT2D eigenvalue weighted by Crippen LogP contribution is 2.33. The van der Waals surface area contributed by atoms with Gasteiger partial charge in [-0.3, -0.25) is 4.79 Å². The first-order valence-electron chi connectivity index (χ1n) is 9.30. The summed E-state index contributed by atoms with van der Waals surface area (Å²) in [4.78, 5) is 17.4. The highest BCUT2D eigenvalue weighted by molar-refractivity contribution is 9.10. The Hall–Kier alpha value is -3.17. The predicted molar refractivity (Wildman–Crippen MR) is 125 cm³/mol. The standard InChI is InChI=1S/C22H19BrN4O3S/c1-13-9-20(25-21(28)15-5-4-6-16(23)10-15)27(26-13)22-24-17(12-31-22)14-7-8-18(29-2)19(11-14)30-3/h4-12H,1-3H3,(H,25,28). The summed E-state index contributed by atoms with van der Waals surface area (Å²) < 4.78 is 13.2. The molecule has 7 nitrogen and oxygen atoms in total. The average molecular weight is 499 g/mol. The minimum atomic E-state index is -0.223. The number of hydrogen-bond acceptors (Lipinski definition) is 6. The zero-order valence-electron chi connectivity index (χ0n) is 17.0. The lowest BCUT2D eigenvalue weighted by Gasteiger charge is -2.08. The number of rotatable bonds is 6. The number of amides is 1. The van der Waals surface area contributed by atoms with Crippen LogP contribution in [-0.2, 0) is 0 Å². The van der Waals surface area contributed by atoms with E-state index in [2.05, 4.69) is 26.3 Å². The van der Waals surface area contributed by atoms with E-state index in [0.717, 1.165) is 21.4 Å². The van der Waals surface area contributed by atoms with Crippen molar-refractivity contribution < 1.29 is 14.3 Å². The maximum atomic E-state index is 12.7. The molecule has 2 aromatic heterocycles. The van der Waals surface area contributed by atoms with Crippen LogP contribution < -0.4 is 14.8 Å². The van der Waals surface area contributed by atoms with Gasteiger partial charge < -0.3 is 14.8 Å². The largest absolute Gasteiger partial charge is 0.493 e. The monoisotopic (exact) mass is 498 g/mol. The SMILES string of the molecule is COc1ccc(-c2csc(-n3nc(C)cc3NC(=O)c3cccc(Br)c3)n2)cc1OC. The maximum absolute atomic E-state index is 12.7. The summed E-state index contributed by atoms with van der Waals surface area (Å²) in [5.74, 6) is 1.61. The molecule has 0 saturated heterocycles. The third-order valence-corrected chi connectivity index (χ3v) is 5.82. The number of aryl methyl sites for hydroxylation is 1. The molecule has 0 spiro atoms. The van der Waals surface area contributed by atoms with E-state index >= 15 is 0 Å². The van der Waals surface area contributed by atoms with Crippen molar-refractivity contribution in [2.75, 3.05) is 19.5 Å². The van der Waals surface area contributed by atoms with Crippen molar-refractivity contribution in [3.63, 3.8) is 0 Å². The Morgan fingerprint density at radius 3 is 2.65 bits per heavy atom. The van der Waals surface area contributed by atoms with Gasteiger partial charge in [-0.15, -0.1) is 11.3 Å². The molecule has 1 N–H and O–H groups in total. The Kier molecular flexibility index (Phi) is 6.06. The molecular formula is C22H19BrN4O3S. The lowest BCUT2D eigenvalue weighted by molar-refractivity contribution is 0.102. The molecule has 4 aromatic rings. The molecule has 0 aliphatic carbocycles. The topological polar surface area (TPSA) is 78.3 Å². The van der Waals surface area contributed by atoms with Gasteiger partial charge in [-0.1, -0.05) is 22.0 Å². The Bertz CT molecular complexity index is 1250. The first-order chi connectivity index (χ1) is 15.0. The van der Waals surface area contributed by atoms with Gasteiger partial charge in [0, 0.05) is 27.0 Å². The second-order valence-corrected chi connectivity index (χ2v) is 8.38. The zero-order valence-corrected chi connectivity index (χ0v) is 19.5. The number of thiazole rings is 1. The molecule has 4 rings (SSSR count). The highest BCUT2D eigenvalue weighted by atomic mass is 79.9. The van der Waals surface area contributed by atoms with Crippen LogP contribution in [0.5, 0.6) is 11.5 Å². The molecule has 0 saturated carbocycles. The number of nitrogens with one attached hydrogen (secondary N) is 1.